The molecule has 0 heterocycles. The third-order valence-electron chi connectivity index (χ3n) is 13.1. The van der Waals surface area contributed by atoms with Crippen LogP contribution in [0.1, 0.15) is 74.9 Å². The molecule has 0 aromatic heterocycles. The molecule has 8 aromatic carbocycles. The van der Waals surface area contributed by atoms with E-state index in [4.69, 9.17) is 0 Å². The zero-order valence-electron chi connectivity index (χ0n) is 34.3. The molecule has 2 aliphatic rings. The van der Waals surface area contributed by atoms with Crippen molar-refractivity contribution in [3.63, 3.8) is 0 Å². The smallest absolute Gasteiger partial charge is 0.0540 e. The fraction of sp³-hybridized carbons (Fsp3) is 0.158. The number of anilines is 3. The van der Waals surface area contributed by atoms with Crippen molar-refractivity contribution in [2.75, 3.05) is 4.90 Å². The predicted octanol–water partition coefficient (Wildman–Crippen LogP) is 15.4. The molecule has 0 spiro atoms. The van der Waals surface area contributed by atoms with Crippen LogP contribution in [0.3, 0.4) is 0 Å². The Balaban J connectivity index is 1.20. The van der Waals surface area contributed by atoms with Gasteiger partial charge in [-0.2, -0.15) is 0 Å². The quantitative estimate of drug-likeness (QED) is 0.164. The molecule has 1 unspecified atom stereocenters. The van der Waals surface area contributed by atoms with Crippen molar-refractivity contribution in [2.45, 2.75) is 57.8 Å². The lowest BCUT2D eigenvalue weighted by Gasteiger charge is -2.32. The van der Waals surface area contributed by atoms with Crippen LogP contribution in [0.5, 0.6) is 0 Å². The standard InChI is InChI=1S/C57H49N/c1-55(2,3)41-30-34-48-51(36-41)56(4,5)50-26-17-24-47(54(48)50)46-23-14-16-27-53(46)58(42-31-28-39(29-32-42)38-18-9-7-10-19-38)43-33-35-45-44-22-13-15-25-49(44)57(6,52(45)37-43)40-20-11-8-12-21-40/h7-37H,1-6H3. The van der Waals surface area contributed by atoms with E-state index in [1.807, 2.05) is 0 Å². The minimum Gasteiger partial charge on any atom is -0.310 e. The van der Waals surface area contributed by atoms with Gasteiger partial charge in [-0.05, 0) is 115 Å². The van der Waals surface area contributed by atoms with Gasteiger partial charge in [-0.25, -0.2) is 0 Å². The Morgan fingerprint density at radius 2 is 0.966 bits per heavy atom. The van der Waals surface area contributed by atoms with E-state index in [0.29, 0.717) is 0 Å². The highest BCUT2D eigenvalue weighted by Gasteiger charge is 2.42. The van der Waals surface area contributed by atoms with Crippen LogP contribution in [0.4, 0.5) is 17.1 Å². The highest BCUT2D eigenvalue weighted by Crippen LogP contribution is 2.56. The summed E-state index contributed by atoms with van der Waals surface area (Å²) in [7, 11) is 0. The number of nitrogens with zero attached hydrogens (tertiary/aromatic N) is 1. The average Bonchev–Trinajstić information content (AvgIpc) is 3.65. The second-order valence-electron chi connectivity index (χ2n) is 17.9. The van der Waals surface area contributed by atoms with E-state index in [1.54, 1.807) is 0 Å². The molecular weight excluding hydrogens is 699 g/mol. The molecule has 1 heteroatoms. The molecule has 0 aliphatic heterocycles. The van der Waals surface area contributed by atoms with Crippen LogP contribution in [-0.2, 0) is 16.2 Å². The highest BCUT2D eigenvalue weighted by atomic mass is 15.1. The van der Waals surface area contributed by atoms with Crippen molar-refractivity contribution in [1.82, 2.24) is 0 Å². The molecule has 0 saturated heterocycles. The monoisotopic (exact) mass is 747 g/mol. The van der Waals surface area contributed by atoms with Crippen LogP contribution in [0, 0.1) is 0 Å². The molecular formula is C57H49N. The summed E-state index contributed by atoms with van der Waals surface area (Å²) in [5.74, 6) is 0. The molecule has 0 N–H and O–H groups in total. The molecule has 0 bridgehead atoms. The van der Waals surface area contributed by atoms with Gasteiger partial charge in [0.1, 0.15) is 0 Å². The summed E-state index contributed by atoms with van der Waals surface area (Å²) in [5.41, 5.74) is 21.4. The molecule has 1 atom stereocenters. The van der Waals surface area contributed by atoms with E-state index < -0.39 is 0 Å². The zero-order valence-corrected chi connectivity index (χ0v) is 34.3. The molecule has 0 saturated carbocycles. The fourth-order valence-electron chi connectivity index (χ4n) is 9.94. The van der Waals surface area contributed by atoms with Crippen LogP contribution in [0.25, 0.3) is 44.5 Å². The predicted molar refractivity (Wildman–Crippen MR) is 246 cm³/mol. The summed E-state index contributed by atoms with van der Waals surface area (Å²) < 4.78 is 0. The molecule has 0 radical (unpaired) electrons. The Morgan fingerprint density at radius 1 is 0.397 bits per heavy atom. The Bertz CT molecular complexity index is 2840. The molecule has 1 nitrogen and oxygen atoms in total. The SMILES string of the molecule is CC(C)(C)c1ccc2c(c1)C(C)(C)c1cccc(-c3ccccc3N(c3ccc(-c4ccccc4)cc3)c3ccc4c(c3)C(C)(c3ccccc3)c3ccccc3-4)c1-2. The molecule has 2 aliphatic carbocycles. The topological polar surface area (TPSA) is 3.24 Å². The summed E-state index contributed by atoms with van der Waals surface area (Å²) in [6.07, 6.45) is 0. The molecule has 282 valence electrons. The number of hydrogen-bond donors (Lipinski definition) is 0. The van der Waals surface area contributed by atoms with Gasteiger partial charge >= 0.3 is 0 Å². The summed E-state index contributed by atoms with van der Waals surface area (Å²) in [4.78, 5) is 2.49. The van der Waals surface area contributed by atoms with Crippen molar-refractivity contribution >= 4 is 17.1 Å². The Kier molecular flexibility index (Phi) is 8.25. The zero-order chi connectivity index (χ0) is 39.8. The van der Waals surface area contributed by atoms with Gasteiger partial charge in [0.25, 0.3) is 0 Å². The van der Waals surface area contributed by atoms with Crippen LogP contribution in [0.15, 0.2) is 188 Å². The van der Waals surface area contributed by atoms with Crippen LogP contribution < -0.4 is 4.90 Å². The maximum atomic E-state index is 2.49. The Morgan fingerprint density at radius 3 is 1.71 bits per heavy atom. The molecule has 0 amide bonds. The molecule has 0 fully saturated rings. The number of para-hydroxylation sites is 1. The molecule has 8 aromatic rings. The van der Waals surface area contributed by atoms with Gasteiger partial charge in [0, 0.05) is 27.8 Å². The summed E-state index contributed by atoms with van der Waals surface area (Å²) in [6.45, 7) is 14.1. The fourth-order valence-corrected chi connectivity index (χ4v) is 9.94. The maximum Gasteiger partial charge on any atom is 0.0540 e. The number of hydrogen-bond acceptors (Lipinski definition) is 1. The molecule has 10 rings (SSSR count). The Hall–Kier alpha value is -6.44. The van der Waals surface area contributed by atoms with Gasteiger partial charge in [-0.15, -0.1) is 0 Å². The van der Waals surface area contributed by atoms with Gasteiger partial charge < -0.3 is 4.90 Å². The van der Waals surface area contributed by atoms with E-state index in [9.17, 15) is 0 Å². The Labute approximate surface area is 344 Å². The van der Waals surface area contributed by atoms with Crippen molar-refractivity contribution in [2.24, 2.45) is 0 Å². The molecule has 58 heavy (non-hydrogen) atoms. The van der Waals surface area contributed by atoms with Crippen molar-refractivity contribution < 1.29 is 0 Å². The maximum absolute atomic E-state index is 2.49. The van der Waals surface area contributed by atoms with Crippen LogP contribution >= 0.6 is 0 Å². The van der Waals surface area contributed by atoms with Gasteiger partial charge in [0.05, 0.1) is 5.69 Å². The minimum atomic E-state index is -0.312. The van der Waals surface area contributed by atoms with E-state index >= 15 is 0 Å². The first-order chi connectivity index (χ1) is 28.0. The van der Waals surface area contributed by atoms with Crippen LogP contribution in [-0.4, -0.2) is 0 Å². The average molecular weight is 748 g/mol. The second kappa shape index (κ2) is 13.3. The first-order valence-corrected chi connectivity index (χ1v) is 20.7. The largest absolute Gasteiger partial charge is 0.310 e. The van der Waals surface area contributed by atoms with Crippen LogP contribution in [0.2, 0.25) is 0 Å². The minimum absolute atomic E-state index is 0.0691. The number of fused-ring (bicyclic) bond motifs is 6. The van der Waals surface area contributed by atoms with E-state index in [-0.39, 0.29) is 16.2 Å². The summed E-state index contributed by atoms with van der Waals surface area (Å²) >= 11 is 0. The van der Waals surface area contributed by atoms with Gasteiger partial charge in [-0.1, -0.05) is 192 Å². The van der Waals surface area contributed by atoms with Gasteiger partial charge in [0.15, 0.2) is 0 Å². The number of benzene rings is 8. The van der Waals surface area contributed by atoms with Crippen molar-refractivity contribution in [3.05, 3.63) is 221 Å². The number of rotatable bonds is 6. The van der Waals surface area contributed by atoms with Crippen molar-refractivity contribution in [1.29, 1.82) is 0 Å². The first-order valence-electron chi connectivity index (χ1n) is 20.7. The lowest BCUT2D eigenvalue weighted by Crippen LogP contribution is -2.22. The lowest BCUT2D eigenvalue weighted by molar-refractivity contribution is 0.584. The third-order valence-corrected chi connectivity index (χ3v) is 13.1. The van der Waals surface area contributed by atoms with E-state index in [0.717, 1.165) is 17.1 Å². The summed E-state index contributed by atoms with van der Waals surface area (Å²) in [5, 5.41) is 0. The second-order valence-corrected chi connectivity index (χ2v) is 17.9. The van der Waals surface area contributed by atoms with Gasteiger partial charge in [-0.3, -0.25) is 0 Å². The van der Waals surface area contributed by atoms with E-state index in [1.165, 1.54) is 77.9 Å². The normalized spacial score (nSPS) is 16.0. The highest BCUT2D eigenvalue weighted by molar-refractivity contribution is 5.99. The van der Waals surface area contributed by atoms with E-state index in [2.05, 4.69) is 234 Å². The summed E-state index contributed by atoms with van der Waals surface area (Å²) in [6, 6.07) is 70.1. The third kappa shape index (κ3) is 5.52. The first kappa shape index (κ1) is 35.9. The van der Waals surface area contributed by atoms with Crippen molar-refractivity contribution in [3.8, 4) is 44.5 Å². The lowest BCUT2D eigenvalue weighted by atomic mass is 9.74. The van der Waals surface area contributed by atoms with Gasteiger partial charge in [0.2, 0.25) is 0 Å².